The number of barbiturate groups is 1. The van der Waals surface area contributed by atoms with Crippen LogP contribution in [0.25, 0.3) is 0 Å². The minimum Gasteiger partial charge on any atom is -0.595 e. The van der Waals surface area contributed by atoms with Crippen LogP contribution in [-0.2, 0) is 14.4 Å². The van der Waals surface area contributed by atoms with E-state index in [2.05, 4.69) is 15.8 Å². The minimum absolute atomic E-state index is 0.00940. The van der Waals surface area contributed by atoms with Gasteiger partial charge >= 0.3 is 6.03 Å². The first-order chi connectivity index (χ1) is 15.3. The number of para-hydroxylation sites is 1. The van der Waals surface area contributed by atoms with Gasteiger partial charge in [-0.2, -0.15) is 15.6 Å². The van der Waals surface area contributed by atoms with Gasteiger partial charge < -0.3 is 10.5 Å². The van der Waals surface area contributed by atoms with Crippen LogP contribution in [0.1, 0.15) is 5.56 Å². The molecular weight excluding hydrogens is 422 g/mol. The summed E-state index contributed by atoms with van der Waals surface area (Å²) in [6.07, 6.45) is 0. The van der Waals surface area contributed by atoms with Crippen molar-refractivity contribution >= 4 is 46.5 Å². The Bertz CT molecular complexity index is 1130. The molecule has 1 aliphatic heterocycles. The fourth-order valence-corrected chi connectivity index (χ4v) is 2.70. The maximum Gasteiger partial charge on any atom is 0.328 e. The number of hydrogen-bond acceptors (Lipinski definition) is 9. The lowest BCUT2D eigenvalue weighted by Crippen LogP contribution is -2.99. The Kier molecular flexibility index (Phi) is 6.51. The van der Waals surface area contributed by atoms with Crippen molar-refractivity contribution in [1.82, 2.24) is 10.6 Å². The number of rotatable bonds is 6. The van der Waals surface area contributed by atoms with E-state index >= 15 is 0 Å². The average molecular weight is 437 g/mol. The maximum absolute atomic E-state index is 12.9. The molecule has 162 valence electrons. The summed E-state index contributed by atoms with van der Waals surface area (Å²) in [4.78, 5) is 48.8. The zero-order valence-electron chi connectivity index (χ0n) is 16.1. The number of carbonyl (C=O) groups is 4. The van der Waals surface area contributed by atoms with Gasteiger partial charge in [-0.25, -0.2) is 10.0 Å². The zero-order valence-corrected chi connectivity index (χ0v) is 16.1. The maximum atomic E-state index is 12.9. The van der Waals surface area contributed by atoms with Crippen LogP contribution < -0.4 is 26.6 Å². The van der Waals surface area contributed by atoms with Gasteiger partial charge in [0, 0.05) is 12.1 Å². The fourth-order valence-electron chi connectivity index (χ4n) is 2.70. The third-order valence-electron chi connectivity index (χ3n) is 4.24. The summed E-state index contributed by atoms with van der Waals surface area (Å²) >= 11 is 0. The molecule has 2 aromatic carbocycles. The normalized spacial score (nSPS) is 15.3. The number of nitriles is 1. The van der Waals surface area contributed by atoms with Crippen LogP contribution in [0.5, 0.6) is 0 Å². The molecule has 1 fully saturated rings. The Morgan fingerprint density at radius 2 is 1.72 bits per heavy atom. The first kappa shape index (κ1) is 22.1. The number of carbonyl (C=O) groups excluding carboxylic acids is 4. The van der Waals surface area contributed by atoms with Gasteiger partial charge in [-0.3, -0.25) is 30.4 Å². The molecule has 13 nitrogen and oxygen atoms in total. The highest BCUT2D eigenvalue weighted by Gasteiger charge is 2.41. The van der Waals surface area contributed by atoms with E-state index in [0.29, 0.717) is 0 Å². The number of nitrogens with one attached hydrogen (secondary N) is 5. The third kappa shape index (κ3) is 4.91. The van der Waals surface area contributed by atoms with Crippen molar-refractivity contribution in [3.8, 4) is 6.07 Å². The molecule has 0 aliphatic carbocycles. The van der Waals surface area contributed by atoms with Gasteiger partial charge in [0.25, 0.3) is 5.91 Å². The number of hydrazone groups is 1. The number of quaternary nitrogens is 1. The van der Waals surface area contributed by atoms with Gasteiger partial charge in [-0.1, -0.05) is 12.1 Å². The Morgan fingerprint density at radius 3 is 2.31 bits per heavy atom. The van der Waals surface area contributed by atoms with Crippen molar-refractivity contribution in [3.05, 3.63) is 59.3 Å². The number of anilines is 2. The van der Waals surface area contributed by atoms with Crippen molar-refractivity contribution < 1.29 is 29.6 Å². The number of hydrogen-bond donors (Lipinski definition) is 6. The van der Waals surface area contributed by atoms with Crippen LogP contribution in [-0.4, -0.2) is 34.7 Å². The number of amides is 5. The Morgan fingerprint density at radius 1 is 1.09 bits per heavy atom. The monoisotopic (exact) mass is 437 g/mol. The molecule has 13 heteroatoms. The van der Waals surface area contributed by atoms with E-state index in [-0.39, 0.29) is 22.6 Å². The molecular formula is C19H15N7O6. The predicted octanol–water partition coefficient (Wildman–Crippen LogP) is -0.650. The lowest BCUT2D eigenvalue weighted by atomic mass is 9.98. The first-order valence-electron chi connectivity index (χ1n) is 8.93. The summed E-state index contributed by atoms with van der Waals surface area (Å²) in [7, 11) is 0. The highest BCUT2D eigenvalue weighted by atomic mass is 16.8. The number of urea groups is 1. The van der Waals surface area contributed by atoms with Crippen LogP contribution in [0.3, 0.4) is 0 Å². The number of benzene rings is 2. The lowest BCUT2D eigenvalue weighted by Gasteiger charge is -2.21. The SMILES string of the molecule is N#Cc1ccccc1NC(=O)/C(=N\Nc1ccc([NH+]([O-])O)cc1)C1C(=O)NC(=O)NC1=O. The summed E-state index contributed by atoms with van der Waals surface area (Å²) in [6, 6.07) is 12.2. The molecule has 0 saturated carbocycles. The van der Waals surface area contributed by atoms with Gasteiger partial charge in [-0.15, -0.1) is 0 Å². The number of nitrogens with zero attached hydrogens (tertiary/aromatic N) is 2. The molecule has 1 atom stereocenters. The van der Waals surface area contributed by atoms with E-state index in [1.54, 1.807) is 12.1 Å². The predicted molar refractivity (Wildman–Crippen MR) is 108 cm³/mol. The summed E-state index contributed by atoms with van der Waals surface area (Å²) in [6.45, 7) is 0. The molecule has 6 N–H and O–H groups in total. The average Bonchev–Trinajstić information content (AvgIpc) is 2.76. The second-order valence-electron chi connectivity index (χ2n) is 6.34. The van der Waals surface area contributed by atoms with E-state index in [9.17, 15) is 29.6 Å². The van der Waals surface area contributed by atoms with E-state index in [1.165, 1.54) is 36.4 Å². The van der Waals surface area contributed by atoms with Gasteiger partial charge in [0.2, 0.25) is 11.8 Å². The second kappa shape index (κ2) is 9.45. The van der Waals surface area contributed by atoms with Gasteiger partial charge in [0.15, 0.2) is 11.6 Å². The van der Waals surface area contributed by atoms with Crippen molar-refractivity contribution in [3.63, 3.8) is 0 Å². The van der Waals surface area contributed by atoms with E-state index in [0.717, 1.165) is 0 Å². The molecule has 0 bridgehead atoms. The Hall–Kier alpha value is -4.64. The second-order valence-corrected chi connectivity index (χ2v) is 6.34. The summed E-state index contributed by atoms with van der Waals surface area (Å²) in [5.41, 5.74) is 2.40. The zero-order chi connectivity index (χ0) is 23.3. The van der Waals surface area contributed by atoms with Crippen LogP contribution >= 0.6 is 0 Å². The molecule has 3 rings (SSSR count). The quantitative estimate of drug-likeness (QED) is 0.194. The minimum atomic E-state index is -1.77. The van der Waals surface area contributed by atoms with Gasteiger partial charge in [-0.05, 0) is 24.3 Å². The van der Waals surface area contributed by atoms with E-state index < -0.39 is 40.6 Å². The van der Waals surface area contributed by atoms with Crippen LogP contribution in [0, 0.1) is 22.5 Å². The largest absolute Gasteiger partial charge is 0.595 e. The van der Waals surface area contributed by atoms with Crippen LogP contribution in [0.4, 0.5) is 21.9 Å². The fraction of sp³-hybridized carbons (Fsp3) is 0.0526. The van der Waals surface area contributed by atoms with Gasteiger partial charge in [0.05, 0.1) is 16.9 Å². The summed E-state index contributed by atoms with van der Waals surface area (Å²) in [5.74, 6) is -4.88. The topological polar surface area (TPSA) is 200 Å². The highest BCUT2D eigenvalue weighted by molar-refractivity contribution is 6.51. The number of imide groups is 2. The van der Waals surface area contributed by atoms with E-state index in [4.69, 9.17) is 5.21 Å². The lowest BCUT2D eigenvalue weighted by molar-refractivity contribution is -0.991. The first-order valence-corrected chi connectivity index (χ1v) is 8.93. The Balaban J connectivity index is 1.93. The molecule has 32 heavy (non-hydrogen) atoms. The van der Waals surface area contributed by atoms with Crippen LogP contribution in [0.15, 0.2) is 53.6 Å². The molecule has 1 aliphatic rings. The van der Waals surface area contributed by atoms with Gasteiger partial charge in [0.1, 0.15) is 11.8 Å². The van der Waals surface area contributed by atoms with Crippen molar-refractivity contribution in [1.29, 1.82) is 5.26 Å². The molecule has 5 amide bonds. The van der Waals surface area contributed by atoms with E-state index in [1.807, 2.05) is 16.7 Å². The molecule has 1 saturated heterocycles. The highest BCUT2D eigenvalue weighted by Crippen LogP contribution is 2.16. The molecule has 0 aromatic heterocycles. The Labute approximate surface area is 179 Å². The van der Waals surface area contributed by atoms with Crippen molar-refractivity contribution in [2.24, 2.45) is 11.0 Å². The molecule has 0 spiro atoms. The smallest absolute Gasteiger partial charge is 0.328 e. The van der Waals surface area contributed by atoms with Crippen molar-refractivity contribution in [2.75, 3.05) is 10.7 Å². The standard InChI is InChI=1S/C19H15N7O6/c20-9-10-3-1-2-4-13(10)21-18(29)15(14-16(27)22-19(30)23-17(14)28)25-24-11-5-7-12(8-6-11)26(31)32/h1-8,14,24,26,31H,(H,21,29)(H2,22,23,27,28,30)/b25-15-. The third-order valence-corrected chi connectivity index (χ3v) is 4.24. The molecule has 1 unspecified atom stereocenters. The molecule has 2 aromatic rings. The summed E-state index contributed by atoms with van der Waals surface area (Å²) < 4.78 is 0. The van der Waals surface area contributed by atoms with Crippen LogP contribution in [0.2, 0.25) is 0 Å². The summed E-state index contributed by atoms with van der Waals surface area (Å²) in [5, 5.41) is 38.0. The van der Waals surface area contributed by atoms with Crippen molar-refractivity contribution in [2.45, 2.75) is 0 Å². The molecule has 0 radical (unpaired) electrons. The molecule has 1 heterocycles.